The Kier molecular flexibility index (Phi) is 6.91. The fraction of sp³-hybridized carbons (Fsp3) is 0.524. The molecular weight excluding hydrogens is 402 g/mol. The lowest BCUT2D eigenvalue weighted by Crippen LogP contribution is -2.42. The van der Waals surface area contributed by atoms with E-state index in [0.29, 0.717) is 36.7 Å². The van der Waals surface area contributed by atoms with Gasteiger partial charge in [-0.25, -0.2) is 4.79 Å². The van der Waals surface area contributed by atoms with Gasteiger partial charge in [0.2, 0.25) is 0 Å². The molecule has 1 fully saturated rings. The quantitative estimate of drug-likeness (QED) is 0.642. The Morgan fingerprint density at radius 2 is 2.10 bits per heavy atom. The topological polar surface area (TPSA) is 127 Å². The molecule has 0 saturated carbocycles. The highest BCUT2D eigenvalue weighted by molar-refractivity contribution is 6.04. The second-order valence-corrected chi connectivity index (χ2v) is 8.55. The maximum atomic E-state index is 12.6. The minimum Gasteiger partial charge on any atom is -0.444 e. The third kappa shape index (κ3) is 6.25. The summed E-state index contributed by atoms with van der Waals surface area (Å²) in [6.45, 7) is 8.17. The molecule has 0 aromatic carbocycles. The molecule has 2 aromatic heterocycles. The number of rotatable bonds is 6. The first kappa shape index (κ1) is 22.7. The van der Waals surface area contributed by atoms with Crippen LogP contribution in [0.1, 0.15) is 60.6 Å². The Morgan fingerprint density at radius 3 is 2.77 bits per heavy atom. The molecule has 1 aliphatic rings. The van der Waals surface area contributed by atoms with E-state index in [-0.39, 0.29) is 23.7 Å². The van der Waals surface area contributed by atoms with Crippen LogP contribution in [-0.4, -0.2) is 52.5 Å². The number of aromatic amines is 1. The van der Waals surface area contributed by atoms with Gasteiger partial charge in [-0.1, -0.05) is 0 Å². The highest BCUT2D eigenvalue weighted by Gasteiger charge is 2.31. The van der Waals surface area contributed by atoms with E-state index in [4.69, 9.17) is 14.2 Å². The summed E-state index contributed by atoms with van der Waals surface area (Å²) >= 11 is 0. The second kappa shape index (κ2) is 9.44. The van der Waals surface area contributed by atoms with E-state index in [1.54, 1.807) is 13.2 Å². The lowest BCUT2D eigenvalue weighted by atomic mass is 10.1. The van der Waals surface area contributed by atoms with Crippen LogP contribution < -0.4 is 10.6 Å². The maximum Gasteiger partial charge on any atom is 0.407 e. The van der Waals surface area contributed by atoms with Crippen LogP contribution in [0, 0.1) is 6.92 Å². The van der Waals surface area contributed by atoms with Gasteiger partial charge in [0, 0.05) is 31.3 Å². The lowest BCUT2D eigenvalue weighted by molar-refractivity contribution is 0.0661. The van der Waals surface area contributed by atoms with Crippen LogP contribution in [0.3, 0.4) is 0 Å². The number of nitrogens with zero attached hydrogens (tertiary/aromatic N) is 2. The summed E-state index contributed by atoms with van der Waals surface area (Å²) in [5.41, 5.74) is 2.33. The van der Waals surface area contributed by atoms with Gasteiger partial charge in [-0.2, -0.15) is 5.10 Å². The van der Waals surface area contributed by atoms with E-state index in [1.165, 1.54) is 6.20 Å². The Bertz CT molecular complexity index is 936. The zero-order valence-corrected chi connectivity index (χ0v) is 18.4. The highest BCUT2D eigenvalue weighted by atomic mass is 16.6. The highest BCUT2D eigenvalue weighted by Crippen LogP contribution is 2.30. The number of alkyl carbamates (subject to hydrolysis) is 1. The molecule has 0 spiro atoms. The average molecular weight is 431 g/mol. The molecule has 3 rings (SSSR count). The molecular formula is C21H29N5O5. The summed E-state index contributed by atoms with van der Waals surface area (Å²) in [6, 6.07) is 3.53. The normalized spacial score (nSPS) is 18.6. The number of nitrogens with one attached hydrogen (secondary N) is 3. The molecule has 31 heavy (non-hydrogen) atoms. The summed E-state index contributed by atoms with van der Waals surface area (Å²) < 4.78 is 16.2. The molecule has 168 valence electrons. The molecule has 3 N–H and O–H groups in total. The van der Waals surface area contributed by atoms with Crippen LogP contribution in [0.2, 0.25) is 0 Å². The number of hydrogen-bond acceptors (Lipinski definition) is 7. The number of amides is 2. The first-order chi connectivity index (χ1) is 14.6. The van der Waals surface area contributed by atoms with Crippen LogP contribution in [0.25, 0.3) is 0 Å². The zero-order chi connectivity index (χ0) is 22.6. The van der Waals surface area contributed by atoms with Gasteiger partial charge >= 0.3 is 6.09 Å². The van der Waals surface area contributed by atoms with Gasteiger partial charge in [0.15, 0.2) is 5.82 Å². The fourth-order valence-electron chi connectivity index (χ4n) is 3.21. The molecule has 0 bridgehead atoms. The molecule has 0 radical (unpaired) electrons. The Labute approximate surface area is 181 Å². The number of aromatic nitrogens is 3. The van der Waals surface area contributed by atoms with Crippen molar-refractivity contribution in [1.29, 1.82) is 0 Å². The van der Waals surface area contributed by atoms with Crippen molar-refractivity contribution in [1.82, 2.24) is 20.5 Å². The molecule has 0 aliphatic carbocycles. The molecule has 10 heteroatoms. The summed E-state index contributed by atoms with van der Waals surface area (Å²) in [6.07, 6.45) is 0.893. The summed E-state index contributed by atoms with van der Waals surface area (Å²) in [5.74, 6) is 0.0678. The van der Waals surface area contributed by atoms with Crippen molar-refractivity contribution in [2.75, 3.05) is 19.0 Å². The van der Waals surface area contributed by atoms with Crippen LogP contribution >= 0.6 is 0 Å². The van der Waals surface area contributed by atoms with Crippen LogP contribution in [0.15, 0.2) is 18.3 Å². The Hall–Kier alpha value is -2.98. The molecule has 10 nitrogen and oxygen atoms in total. The number of anilines is 1. The van der Waals surface area contributed by atoms with Crippen LogP contribution in [0.4, 0.5) is 10.6 Å². The van der Waals surface area contributed by atoms with Gasteiger partial charge in [0.05, 0.1) is 30.2 Å². The van der Waals surface area contributed by atoms with E-state index in [1.807, 2.05) is 33.8 Å². The monoisotopic (exact) mass is 431 g/mol. The largest absolute Gasteiger partial charge is 0.444 e. The van der Waals surface area contributed by atoms with E-state index < -0.39 is 6.09 Å². The number of ether oxygens (including phenoxy) is 3. The van der Waals surface area contributed by atoms with Crippen molar-refractivity contribution in [2.45, 2.75) is 58.5 Å². The first-order valence-corrected chi connectivity index (χ1v) is 10.1. The van der Waals surface area contributed by atoms with Gasteiger partial charge < -0.3 is 24.8 Å². The van der Waals surface area contributed by atoms with Gasteiger partial charge in [0.25, 0.3) is 5.91 Å². The number of methoxy groups -OCH3 is 1. The molecule has 1 saturated heterocycles. The number of H-pyrrole nitrogens is 1. The molecule has 2 unspecified atom stereocenters. The minimum atomic E-state index is -0.472. The summed E-state index contributed by atoms with van der Waals surface area (Å²) in [5, 5.41) is 12.5. The van der Waals surface area contributed by atoms with E-state index in [2.05, 4.69) is 25.8 Å². The van der Waals surface area contributed by atoms with E-state index in [0.717, 1.165) is 11.3 Å². The van der Waals surface area contributed by atoms with Crippen LogP contribution in [-0.2, 0) is 20.8 Å². The molecule has 2 amide bonds. The van der Waals surface area contributed by atoms with Gasteiger partial charge in [-0.15, -0.1) is 0 Å². The average Bonchev–Trinajstić information content (AvgIpc) is 3.29. The van der Waals surface area contributed by atoms with Gasteiger partial charge in [-0.3, -0.25) is 14.9 Å². The van der Waals surface area contributed by atoms with Crippen molar-refractivity contribution in [2.24, 2.45) is 0 Å². The fourth-order valence-corrected chi connectivity index (χ4v) is 3.21. The van der Waals surface area contributed by atoms with Crippen molar-refractivity contribution < 1.29 is 23.8 Å². The lowest BCUT2D eigenvalue weighted by Gasteiger charge is -2.21. The minimum absolute atomic E-state index is 0.293. The van der Waals surface area contributed by atoms with E-state index >= 15 is 0 Å². The number of carbonyl (C=O) groups is 2. The van der Waals surface area contributed by atoms with Gasteiger partial charge in [0.1, 0.15) is 12.2 Å². The van der Waals surface area contributed by atoms with Crippen LogP contribution in [0.5, 0.6) is 0 Å². The smallest absolute Gasteiger partial charge is 0.407 e. The Balaban J connectivity index is 1.56. The number of pyridine rings is 1. The molecule has 3 heterocycles. The third-order valence-electron chi connectivity index (χ3n) is 4.60. The second-order valence-electron chi connectivity index (χ2n) is 8.55. The van der Waals surface area contributed by atoms with Crippen molar-refractivity contribution in [3.8, 4) is 0 Å². The maximum absolute atomic E-state index is 12.6. The predicted octanol–water partition coefficient (Wildman–Crippen LogP) is 2.87. The first-order valence-electron chi connectivity index (χ1n) is 10.1. The summed E-state index contributed by atoms with van der Waals surface area (Å²) in [4.78, 5) is 28.8. The van der Waals surface area contributed by atoms with Crippen molar-refractivity contribution in [3.05, 3.63) is 40.8 Å². The number of hydrogen-bond donors (Lipinski definition) is 3. The molecule has 2 aromatic rings. The zero-order valence-electron chi connectivity index (χ0n) is 18.4. The summed E-state index contributed by atoms with van der Waals surface area (Å²) in [7, 11) is 1.59. The standard InChI is InChI=1S/C21H29N5O5/c1-12-6-13(10-29-5)22-9-15(12)19(27)23-18-8-16(25-26-18)17-7-14(11-30-17)31-20(28)24-21(2,3)4/h6,8-9,14,17H,7,10-11H2,1-5H3,(H,24,28)(H2,23,25,26,27). The van der Waals surface area contributed by atoms with Crippen molar-refractivity contribution >= 4 is 17.8 Å². The predicted molar refractivity (Wildman–Crippen MR) is 113 cm³/mol. The van der Waals surface area contributed by atoms with E-state index in [9.17, 15) is 9.59 Å². The third-order valence-corrected chi connectivity index (χ3v) is 4.60. The van der Waals surface area contributed by atoms with Crippen molar-refractivity contribution in [3.63, 3.8) is 0 Å². The Morgan fingerprint density at radius 1 is 1.32 bits per heavy atom. The number of carbonyl (C=O) groups excluding carboxylic acids is 2. The van der Waals surface area contributed by atoms with Gasteiger partial charge in [-0.05, 0) is 39.3 Å². The SMILES string of the molecule is COCc1cc(C)c(C(=O)Nc2cc(C3CC(OC(=O)NC(C)(C)C)CO3)[nH]n2)cn1. The number of aryl methyl sites for hydroxylation is 1. The molecule has 2 atom stereocenters. The molecule has 1 aliphatic heterocycles.